The number of urea groups is 1. The van der Waals surface area contributed by atoms with E-state index in [0.29, 0.717) is 36.5 Å². The first-order valence-corrected chi connectivity index (χ1v) is 11.1. The number of fused-ring (bicyclic) bond motifs is 1. The molecule has 6 nitrogen and oxygen atoms in total. The lowest BCUT2D eigenvalue weighted by molar-refractivity contribution is -0.123. The molecule has 0 atom stereocenters. The molecule has 4 rings (SSSR count). The van der Waals surface area contributed by atoms with Gasteiger partial charge in [0.05, 0.1) is 0 Å². The van der Waals surface area contributed by atoms with Crippen LogP contribution in [0.3, 0.4) is 0 Å². The van der Waals surface area contributed by atoms with Crippen molar-refractivity contribution < 1.29 is 9.59 Å². The van der Waals surface area contributed by atoms with Crippen molar-refractivity contribution in [2.24, 2.45) is 0 Å². The summed E-state index contributed by atoms with van der Waals surface area (Å²) >= 11 is 5.93. The number of nitrogens with one attached hydrogen (secondary N) is 4. The van der Waals surface area contributed by atoms with Crippen LogP contribution in [-0.4, -0.2) is 29.0 Å². The van der Waals surface area contributed by atoms with Crippen LogP contribution in [0.15, 0.2) is 54.7 Å². The summed E-state index contributed by atoms with van der Waals surface area (Å²) in [6, 6.07) is 14.8. The van der Waals surface area contributed by atoms with Gasteiger partial charge in [-0.15, -0.1) is 0 Å². The second-order valence-electron chi connectivity index (χ2n) is 8.09. The van der Waals surface area contributed by atoms with E-state index in [1.807, 2.05) is 24.4 Å². The molecule has 1 heterocycles. The second kappa shape index (κ2) is 9.43. The predicted octanol–water partition coefficient (Wildman–Crippen LogP) is 5.00. The Morgan fingerprint density at radius 3 is 2.52 bits per heavy atom. The highest BCUT2D eigenvalue weighted by Crippen LogP contribution is 2.30. The average molecular weight is 439 g/mol. The summed E-state index contributed by atoms with van der Waals surface area (Å²) in [7, 11) is 0. The zero-order valence-corrected chi connectivity index (χ0v) is 18.1. The van der Waals surface area contributed by atoms with Gasteiger partial charge in [-0.2, -0.15) is 0 Å². The van der Waals surface area contributed by atoms with Crippen molar-refractivity contribution in [3.63, 3.8) is 0 Å². The average Bonchev–Trinajstić information content (AvgIpc) is 3.19. The number of benzene rings is 2. The third kappa shape index (κ3) is 5.02. The number of rotatable bonds is 6. The van der Waals surface area contributed by atoms with Gasteiger partial charge in [-0.25, -0.2) is 4.79 Å². The first-order valence-electron chi connectivity index (χ1n) is 10.7. The van der Waals surface area contributed by atoms with Gasteiger partial charge in [-0.05, 0) is 55.2 Å². The molecule has 7 heteroatoms. The molecule has 3 amide bonds. The molecule has 0 bridgehead atoms. The first kappa shape index (κ1) is 21.2. The highest BCUT2D eigenvalue weighted by atomic mass is 35.5. The summed E-state index contributed by atoms with van der Waals surface area (Å²) in [5.74, 6) is -0.179. The normalized spacial score (nSPS) is 15.4. The van der Waals surface area contributed by atoms with Gasteiger partial charge in [0.15, 0.2) is 0 Å². The molecule has 0 unspecified atom stereocenters. The van der Waals surface area contributed by atoms with Gasteiger partial charge in [-0.3, -0.25) is 4.79 Å². The number of hydrogen-bond donors (Lipinski definition) is 4. The van der Waals surface area contributed by atoms with Crippen LogP contribution >= 0.6 is 11.6 Å². The van der Waals surface area contributed by atoms with E-state index in [1.54, 1.807) is 24.3 Å². The number of halogens is 1. The molecule has 3 aromatic rings. The van der Waals surface area contributed by atoms with Gasteiger partial charge < -0.3 is 20.9 Å². The fraction of sp³-hybridized carbons (Fsp3) is 0.333. The van der Waals surface area contributed by atoms with Crippen LogP contribution in [0.5, 0.6) is 0 Å². The summed E-state index contributed by atoms with van der Waals surface area (Å²) in [6.45, 7) is 0.489. The lowest BCUT2D eigenvalue weighted by Gasteiger charge is -2.36. The zero-order valence-electron chi connectivity index (χ0n) is 17.3. The van der Waals surface area contributed by atoms with E-state index in [2.05, 4.69) is 27.0 Å². The van der Waals surface area contributed by atoms with Gasteiger partial charge in [-0.1, -0.05) is 49.1 Å². The lowest BCUT2D eigenvalue weighted by Crippen LogP contribution is -2.60. The zero-order chi connectivity index (χ0) is 21.7. The monoisotopic (exact) mass is 438 g/mol. The van der Waals surface area contributed by atoms with E-state index >= 15 is 0 Å². The van der Waals surface area contributed by atoms with E-state index in [9.17, 15) is 9.59 Å². The van der Waals surface area contributed by atoms with Crippen molar-refractivity contribution in [2.45, 2.75) is 44.1 Å². The molecular formula is C24H27ClN4O2. The second-order valence-corrected chi connectivity index (χ2v) is 8.53. The molecule has 0 spiro atoms. The van der Waals surface area contributed by atoms with Crippen molar-refractivity contribution in [2.75, 3.05) is 11.9 Å². The van der Waals surface area contributed by atoms with Crippen molar-refractivity contribution in [3.05, 3.63) is 65.3 Å². The number of aromatic amines is 1. The number of carbonyl (C=O) groups is 2. The smallest absolute Gasteiger partial charge is 0.315 e. The number of anilines is 1. The summed E-state index contributed by atoms with van der Waals surface area (Å²) in [6.07, 6.45) is 6.82. The number of para-hydroxylation sites is 1. The third-order valence-corrected chi connectivity index (χ3v) is 6.20. The van der Waals surface area contributed by atoms with Crippen molar-refractivity contribution in [1.29, 1.82) is 0 Å². The predicted molar refractivity (Wildman–Crippen MR) is 124 cm³/mol. The Bertz CT molecular complexity index is 1050. The Kier molecular flexibility index (Phi) is 6.47. The number of hydrogen-bond acceptors (Lipinski definition) is 2. The molecule has 1 fully saturated rings. The number of carbonyl (C=O) groups excluding carboxylic acids is 2. The molecule has 31 heavy (non-hydrogen) atoms. The van der Waals surface area contributed by atoms with Crippen LogP contribution in [0.4, 0.5) is 10.5 Å². The maximum Gasteiger partial charge on any atom is 0.315 e. The number of H-pyrrole nitrogens is 1. The van der Waals surface area contributed by atoms with E-state index in [0.717, 1.165) is 35.7 Å². The summed E-state index contributed by atoms with van der Waals surface area (Å²) in [5.41, 5.74) is 2.01. The first-order chi connectivity index (χ1) is 15.1. The SMILES string of the molecule is O=C(NCCc1c[nH]c2ccccc12)NC1(C(=O)Nc2ccc(Cl)cc2)CCCCC1. The Balaban J connectivity index is 1.37. The standard InChI is InChI=1S/C24H27ClN4O2/c25-18-8-10-19(11-9-18)28-22(30)24(13-4-1-5-14-24)29-23(31)26-15-12-17-16-27-21-7-3-2-6-20(17)21/h2-3,6-11,16,27H,1,4-5,12-15H2,(H,28,30)(H2,26,29,31). The molecule has 1 aliphatic rings. The Hall–Kier alpha value is -2.99. The molecule has 1 saturated carbocycles. The van der Waals surface area contributed by atoms with Gasteiger partial charge >= 0.3 is 6.03 Å². The highest BCUT2D eigenvalue weighted by Gasteiger charge is 2.40. The molecular weight excluding hydrogens is 412 g/mol. The van der Waals surface area contributed by atoms with E-state index in [1.165, 1.54) is 0 Å². The molecule has 1 aromatic heterocycles. The molecule has 1 aliphatic carbocycles. The van der Waals surface area contributed by atoms with Gasteiger partial charge in [0.2, 0.25) is 5.91 Å². The van der Waals surface area contributed by atoms with E-state index < -0.39 is 5.54 Å². The summed E-state index contributed by atoms with van der Waals surface area (Å²) in [4.78, 5) is 29.1. The van der Waals surface area contributed by atoms with Crippen molar-refractivity contribution >= 4 is 40.1 Å². The Morgan fingerprint density at radius 2 is 1.74 bits per heavy atom. The van der Waals surface area contributed by atoms with Crippen LogP contribution in [-0.2, 0) is 11.2 Å². The molecule has 0 aliphatic heterocycles. The minimum atomic E-state index is -0.900. The fourth-order valence-corrected chi connectivity index (χ4v) is 4.38. The minimum absolute atomic E-state index is 0.179. The maximum atomic E-state index is 13.1. The molecule has 0 saturated heterocycles. The van der Waals surface area contributed by atoms with Gasteiger partial charge in [0.25, 0.3) is 0 Å². The molecule has 162 valence electrons. The highest BCUT2D eigenvalue weighted by molar-refractivity contribution is 6.30. The van der Waals surface area contributed by atoms with Crippen LogP contribution in [0.2, 0.25) is 5.02 Å². The Labute approximate surface area is 186 Å². The van der Waals surface area contributed by atoms with E-state index in [-0.39, 0.29) is 11.9 Å². The van der Waals surface area contributed by atoms with Gasteiger partial charge in [0.1, 0.15) is 5.54 Å². The molecule has 2 aromatic carbocycles. The van der Waals surface area contributed by atoms with Crippen molar-refractivity contribution in [3.8, 4) is 0 Å². The van der Waals surface area contributed by atoms with Crippen LogP contribution in [0.1, 0.15) is 37.7 Å². The van der Waals surface area contributed by atoms with Crippen LogP contribution in [0, 0.1) is 0 Å². The Morgan fingerprint density at radius 1 is 1.00 bits per heavy atom. The summed E-state index contributed by atoms with van der Waals surface area (Å²) in [5, 5.41) is 10.6. The number of aromatic nitrogens is 1. The summed E-state index contributed by atoms with van der Waals surface area (Å²) < 4.78 is 0. The fourth-order valence-electron chi connectivity index (χ4n) is 4.26. The van der Waals surface area contributed by atoms with Gasteiger partial charge in [0, 0.05) is 34.4 Å². The minimum Gasteiger partial charge on any atom is -0.361 e. The van der Waals surface area contributed by atoms with Crippen LogP contribution in [0.25, 0.3) is 10.9 Å². The lowest BCUT2D eigenvalue weighted by atomic mass is 9.81. The number of amides is 3. The maximum absolute atomic E-state index is 13.1. The topological polar surface area (TPSA) is 86.0 Å². The van der Waals surface area contributed by atoms with Crippen LogP contribution < -0.4 is 16.0 Å². The largest absolute Gasteiger partial charge is 0.361 e. The molecule has 4 N–H and O–H groups in total. The van der Waals surface area contributed by atoms with Crippen molar-refractivity contribution in [1.82, 2.24) is 15.6 Å². The molecule has 0 radical (unpaired) electrons. The van der Waals surface area contributed by atoms with E-state index in [4.69, 9.17) is 11.6 Å². The third-order valence-electron chi connectivity index (χ3n) is 5.95. The quantitative estimate of drug-likeness (QED) is 0.436.